The van der Waals surface area contributed by atoms with Crippen LogP contribution in [0.25, 0.3) is 0 Å². The maximum atomic E-state index is 3.93. The summed E-state index contributed by atoms with van der Waals surface area (Å²) in [6.45, 7) is 6.32. The van der Waals surface area contributed by atoms with Crippen molar-refractivity contribution in [1.29, 1.82) is 0 Å². The van der Waals surface area contributed by atoms with Crippen LogP contribution in [0.5, 0.6) is 0 Å². The molecular weight excluding hydrogens is 220 g/mol. The molecule has 1 aliphatic heterocycles. The van der Waals surface area contributed by atoms with E-state index < -0.39 is 0 Å². The van der Waals surface area contributed by atoms with Crippen LogP contribution in [0.15, 0.2) is 0 Å². The van der Waals surface area contributed by atoms with E-state index in [0.717, 1.165) is 12.0 Å². The summed E-state index contributed by atoms with van der Waals surface area (Å²) >= 11 is 0. The minimum atomic E-state index is 0.508. The molecule has 0 bridgehead atoms. The second kappa shape index (κ2) is 5.50. The van der Waals surface area contributed by atoms with Crippen LogP contribution in [0.4, 0.5) is 0 Å². The lowest BCUT2D eigenvalue weighted by molar-refractivity contribution is 0.0484. The Kier molecular flexibility index (Phi) is 3.95. The van der Waals surface area contributed by atoms with Crippen molar-refractivity contribution in [1.82, 2.24) is 10.2 Å². The van der Waals surface area contributed by atoms with Crippen molar-refractivity contribution < 1.29 is 0 Å². The first-order valence-electron chi connectivity index (χ1n) is 8.30. The summed E-state index contributed by atoms with van der Waals surface area (Å²) in [7, 11) is 0. The lowest BCUT2D eigenvalue weighted by Crippen LogP contribution is -2.63. The van der Waals surface area contributed by atoms with Crippen LogP contribution in [-0.2, 0) is 0 Å². The van der Waals surface area contributed by atoms with Gasteiger partial charge in [-0.25, -0.2) is 0 Å². The number of hydrogen-bond acceptors (Lipinski definition) is 2. The number of nitrogens with zero attached hydrogens (tertiary/aromatic N) is 1. The Hall–Kier alpha value is -0.0800. The molecule has 18 heavy (non-hydrogen) atoms. The molecule has 2 heteroatoms. The van der Waals surface area contributed by atoms with Crippen molar-refractivity contribution >= 4 is 0 Å². The quantitative estimate of drug-likeness (QED) is 0.824. The van der Waals surface area contributed by atoms with Crippen LogP contribution < -0.4 is 5.32 Å². The summed E-state index contributed by atoms with van der Waals surface area (Å²) in [5.41, 5.74) is 0.508. The molecule has 1 heterocycles. The zero-order chi connectivity index (χ0) is 12.4. The van der Waals surface area contributed by atoms with Gasteiger partial charge in [-0.3, -0.25) is 4.90 Å². The molecule has 2 nitrogen and oxygen atoms in total. The molecule has 0 aromatic carbocycles. The Balaban J connectivity index is 1.62. The summed E-state index contributed by atoms with van der Waals surface area (Å²) in [6.07, 6.45) is 12.9. The SMILES string of the molecule is CCCC1CNC2(CCCC2)CN1CC1CCC1. The van der Waals surface area contributed by atoms with Crippen molar-refractivity contribution in [3.8, 4) is 0 Å². The molecule has 3 rings (SSSR count). The Morgan fingerprint density at radius 2 is 1.94 bits per heavy atom. The van der Waals surface area contributed by atoms with E-state index in [-0.39, 0.29) is 0 Å². The Morgan fingerprint density at radius 1 is 1.17 bits per heavy atom. The first kappa shape index (κ1) is 12.9. The van der Waals surface area contributed by atoms with Gasteiger partial charge in [0.1, 0.15) is 0 Å². The molecule has 1 atom stereocenters. The molecule has 1 saturated heterocycles. The molecular formula is C16H30N2. The van der Waals surface area contributed by atoms with Gasteiger partial charge in [0.05, 0.1) is 0 Å². The Morgan fingerprint density at radius 3 is 2.56 bits per heavy atom. The molecule has 1 spiro atoms. The third-order valence-corrected chi connectivity index (χ3v) is 5.63. The van der Waals surface area contributed by atoms with Gasteiger partial charge < -0.3 is 5.32 Å². The fourth-order valence-corrected chi connectivity index (χ4v) is 4.26. The first-order valence-corrected chi connectivity index (χ1v) is 8.30. The molecule has 0 aromatic heterocycles. The number of piperazine rings is 1. The van der Waals surface area contributed by atoms with Crippen LogP contribution >= 0.6 is 0 Å². The van der Waals surface area contributed by atoms with E-state index >= 15 is 0 Å². The average Bonchev–Trinajstić information content (AvgIpc) is 2.76. The molecule has 1 unspecified atom stereocenters. The number of nitrogens with one attached hydrogen (secondary N) is 1. The van der Waals surface area contributed by atoms with E-state index in [9.17, 15) is 0 Å². The predicted molar refractivity (Wildman–Crippen MR) is 76.8 cm³/mol. The van der Waals surface area contributed by atoms with Gasteiger partial charge in [-0.1, -0.05) is 32.6 Å². The molecule has 2 aliphatic carbocycles. The van der Waals surface area contributed by atoms with Gasteiger partial charge in [0.2, 0.25) is 0 Å². The van der Waals surface area contributed by atoms with Crippen molar-refractivity contribution in [2.45, 2.75) is 76.3 Å². The molecule has 0 aromatic rings. The van der Waals surface area contributed by atoms with Crippen molar-refractivity contribution in [2.75, 3.05) is 19.6 Å². The van der Waals surface area contributed by atoms with Crippen LogP contribution in [-0.4, -0.2) is 36.1 Å². The van der Waals surface area contributed by atoms with Crippen LogP contribution in [0.2, 0.25) is 0 Å². The van der Waals surface area contributed by atoms with Crippen LogP contribution in [0.3, 0.4) is 0 Å². The Bertz CT molecular complexity index is 266. The van der Waals surface area contributed by atoms with Gasteiger partial charge in [-0.15, -0.1) is 0 Å². The minimum Gasteiger partial charge on any atom is -0.308 e. The molecule has 3 fully saturated rings. The van der Waals surface area contributed by atoms with Gasteiger partial charge in [-0.2, -0.15) is 0 Å². The summed E-state index contributed by atoms with van der Waals surface area (Å²) in [5, 5.41) is 3.93. The van der Waals surface area contributed by atoms with Crippen molar-refractivity contribution in [2.24, 2.45) is 5.92 Å². The first-order chi connectivity index (χ1) is 8.81. The van der Waals surface area contributed by atoms with E-state index in [1.807, 2.05) is 0 Å². The summed E-state index contributed by atoms with van der Waals surface area (Å²) < 4.78 is 0. The molecule has 104 valence electrons. The second-order valence-corrected chi connectivity index (χ2v) is 7.04. The Labute approximate surface area is 113 Å². The largest absolute Gasteiger partial charge is 0.308 e. The highest BCUT2D eigenvalue weighted by molar-refractivity contribution is 5.01. The van der Waals surface area contributed by atoms with Gasteiger partial charge >= 0.3 is 0 Å². The monoisotopic (exact) mass is 250 g/mol. The number of hydrogen-bond donors (Lipinski definition) is 1. The van der Waals surface area contributed by atoms with E-state index in [2.05, 4.69) is 17.1 Å². The van der Waals surface area contributed by atoms with E-state index in [4.69, 9.17) is 0 Å². The maximum Gasteiger partial charge on any atom is 0.0309 e. The topological polar surface area (TPSA) is 15.3 Å². The molecule has 0 radical (unpaired) electrons. The zero-order valence-corrected chi connectivity index (χ0v) is 12.1. The van der Waals surface area contributed by atoms with Gasteiger partial charge in [0.25, 0.3) is 0 Å². The predicted octanol–water partition coefficient (Wildman–Crippen LogP) is 3.17. The zero-order valence-electron chi connectivity index (χ0n) is 12.1. The van der Waals surface area contributed by atoms with Gasteiger partial charge in [0.15, 0.2) is 0 Å². The average molecular weight is 250 g/mol. The highest BCUT2D eigenvalue weighted by Gasteiger charge is 2.41. The van der Waals surface area contributed by atoms with Crippen LogP contribution in [0, 0.1) is 5.92 Å². The fourth-order valence-electron chi connectivity index (χ4n) is 4.26. The lowest BCUT2D eigenvalue weighted by atomic mass is 9.83. The van der Waals surface area contributed by atoms with E-state index in [0.29, 0.717) is 5.54 Å². The van der Waals surface area contributed by atoms with E-state index in [1.54, 1.807) is 0 Å². The van der Waals surface area contributed by atoms with Gasteiger partial charge in [-0.05, 0) is 38.0 Å². The smallest absolute Gasteiger partial charge is 0.0309 e. The molecule has 1 N–H and O–H groups in total. The second-order valence-electron chi connectivity index (χ2n) is 7.04. The minimum absolute atomic E-state index is 0.508. The third kappa shape index (κ3) is 2.60. The van der Waals surface area contributed by atoms with Crippen molar-refractivity contribution in [3.05, 3.63) is 0 Å². The maximum absolute atomic E-state index is 3.93. The van der Waals surface area contributed by atoms with Crippen LogP contribution in [0.1, 0.15) is 64.7 Å². The van der Waals surface area contributed by atoms with Gasteiger partial charge in [0, 0.05) is 31.2 Å². The van der Waals surface area contributed by atoms with Crippen molar-refractivity contribution in [3.63, 3.8) is 0 Å². The third-order valence-electron chi connectivity index (χ3n) is 5.63. The lowest BCUT2D eigenvalue weighted by Gasteiger charge is -2.48. The molecule has 2 saturated carbocycles. The standard InChI is InChI=1S/C16H30N2/c1-2-6-15-11-17-16(9-3-4-10-16)13-18(15)12-14-7-5-8-14/h14-15,17H,2-13H2,1H3. The normalized spacial score (nSPS) is 32.8. The fraction of sp³-hybridized carbons (Fsp3) is 1.00. The summed E-state index contributed by atoms with van der Waals surface area (Å²) in [5.74, 6) is 1.03. The molecule has 0 amide bonds. The highest BCUT2D eigenvalue weighted by atomic mass is 15.3. The molecule has 3 aliphatic rings. The summed E-state index contributed by atoms with van der Waals surface area (Å²) in [6, 6.07) is 0.821. The summed E-state index contributed by atoms with van der Waals surface area (Å²) in [4.78, 5) is 2.87. The number of rotatable bonds is 4. The highest BCUT2D eigenvalue weighted by Crippen LogP contribution is 2.35. The van der Waals surface area contributed by atoms with E-state index in [1.165, 1.54) is 77.4 Å².